The van der Waals surface area contributed by atoms with E-state index in [0.717, 1.165) is 24.0 Å². The third-order valence-electron chi connectivity index (χ3n) is 2.88. The number of halogens is 2. The first-order valence-electron chi connectivity index (χ1n) is 6.16. The molecule has 2 N–H and O–H groups in total. The minimum atomic E-state index is -4.27. The first-order chi connectivity index (χ1) is 10.8. The van der Waals surface area contributed by atoms with Crippen LogP contribution in [0.1, 0.15) is 0 Å². The minimum Gasteiger partial charge on any atom is -0.468 e. The monoisotopic (exact) mass is 394 g/mol. The van der Waals surface area contributed by atoms with Crippen LogP contribution in [-0.2, 0) is 19.7 Å². The van der Waals surface area contributed by atoms with Crippen LogP contribution in [0.2, 0.25) is 9.36 Å². The molecule has 0 saturated heterocycles. The lowest BCUT2D eigenvalue weighted by Crippen LogP contribution is -2.40. The highest BCUT2D eigenvalue weighted by Crippen LogP contribution is 2.48. The number of benzene rings is 1. The summed E-state index contributed by atoms with van der Waals surface area (Å²) < 4.78 is 28.9. The van der Waals surface area contributed by atoms with E-state index in [1.165, 1.54) is 0 Å². The fraction of sp³-hybridized carbons (Fsp3) is 0.154. The van der Waals surface area contributed by atoms with E-state index < -0.39 is 22.7 Å². The van der Waals surface area contributed by atoms with Gasteiger partial charge < -0.3 is 4.74 Å². The van der Waals surface area contributed by atoms with Crippen molar-refractivity contribution < 1.29 is 17.9 Å². The van der Waals surface area contributed by atoms with E-state index in [1.807, 2.05) is 18.2 Å². The predicted octanol–water partition coefficient (Wildman–Crippen LogP) is 2.90. The molecule has 1 heterocycles. The number of rotatable bonds is 5. The first-order valence-corrected chi connectivity index (χ1v) is 9.23. The number of nitrogens with zero attached hydrogens (tertiary/aromatic N) is 1. The average Bonchev–Trinajstić information content (AvgIpc) is 2.79. The third kappa shape index (κ3) is 3.96. The maximum absolute atomic E-state index is 11.8. The van der Waals surface area contributed by atoms with Gasteiger partial charge in [-0.25, -0.2) is 9.44 Å². The summed E-state index contributed by atoms with van der Waals surface area (Å²) in [5.74, 6) is -0.793. The summed E-state index contributed by atoms with van der Waals surface area (Å²) in [7, 11) is -3.13. The van der Waals surface area contributed by atoms with Crippen LogP contribution >= 0.6 is 34.5 Å². The zero-order valence-electron chi connectivity index (χ0n) is 11.8. The Labute approximate surface area is 147 Å². The Kier molecular flexibility index (Phi) is 5.53. The van der Waals surface area contributed by atoms with E-state index in [0.29, 0.717) is 9.18 Å². The van der Waals surface area contributed by atoms with Crippen molar-refractivity contribution in [3.63, 3.8) is 0 Å². The van der Waals surface area contributed by atoms with Crippen molar-refractivity contribution in [3.8, 4) is 10.4 Å². The van der Waals surface area contributed by atoms with E-state index in [4.69, 9.17) is 28.3 Å². The molecular formula is C13H12Cl2N2O4S2. The molecule has 124 valence electrons. The molecule has 0 amide bonds. The number of hydrogen-bond acceptors (Lipinski definition) is 5. The van der Waals surface area contributed by atoms with Crippen LogP contribution in [0.25, 0.3) is 10.4 Å². The lowest BCUT2D eigenvalue weighted by Gasteiger charge is -2.20. The molecule has 0 saturated carbocycles. The summed E-state index contributed by atoms with van der Waals surface area (Å²) in [5.41, 5.74) is 0.730. The zero-order chi connectivity index (χ0) is 17.2. The summed E-state index contributed by atoms with van der Waals surface area (Å²) in [4.78, 5) is 12.0. The smallest absolute Gasteiger partial charge is 0.326 e. The van der Waals surface area contributed by atoms with Crippen LogP contribution in [0.5, 0.6) is 0 Å². The molecule has 0 aliphatic rings. The Morgan fingerprint density at radius 3 is 2.43 bits per heavy atom. The van der Waals surface area contributed by atoms with Gasteiger partial charge in [-0.2, -0.15) is 8.42 Å². The molecule has 10 heteroatoms. The summed E-state index contributed by atoms with van der Waals surface area (Å²) in [6, 6.07) is 9.07. The molecule has 23 heavy (non-hydrogen) atoms. The lowest BCUT2D eigenvalue weighted by molar-refractivity contribution is -0.138. The fourth-order valence-corrected chi connectivity index (χ4v) is 4.60. The maximum atomic E-state index is 11.8. The topological polar surface area (TPSA) is 89.7 Å². The number of esters is 1. The number of thiophene rings is 1. The highest BCUT2D eigenvalue weighted by molar-refractivity contribution is 7.90. The van der Waals surface area contributed by atoms with Crippen LogP contribution in [0.15, 0.2) is 30.3 Å². The second-order valence-corrected chi connectivity index (χ2v) is 7.83. The molecule has 0 radical (unpaired) electrons. The van der Waals surface area contributed by atoms with E-state index in [9.17, 15) is 13.2 Å². The van der Waals surface area contributed by atoms with Crippen molar-refractivity contribution in [1.29, 1.82) is 0 Å². The number of nitrogens with two attached hydrogens (primary N) is 1. The molecule has 0 spiro atoms. The van der Waals surface area contributed by atoms with Gasteiger partial charge >= 0.3 is 5.97 Å². The van der Waals surface area contributed by atoms with Crippen molar-refractivity contribution in [1.82, 2.24) is 0 Å². The molecule has 0 fully saturated rings. The second-order valence-electron chi connectivity index (χ2n) is 4.36. The summed E-state index contributed by atoms with van der Waals surface area (Å²) in [6.07, 6.45) is 0. The van der Waals surface area contributed by atoms with Crippen molar-refractivity contribution in [2.45, 2.75) is 0 Å². The Morgan fingerprint density at radius 2 is 1.91 bits per heavy atom. The SMILES string of the molecule is COC(=O)CN(c1c(Cl)sc(-c2ccccc2)c1Cl)S(N)(=O)=O. The highest BCUT2D eigenvalue weighted by Gasteiger charge is 2.30. The van der Waals surface area contributed by atoms with Gasteiger partial charge in [0.2, 0.25) is 0 Å². The number of anilines is 1. The molecule has 0 bridgehead atoms. The third-order valence-corrected chi connectivity index (χ3v) is 5.71. The molecule has 0 aliphatic carbocycles. The van der Waals surface area contributed by atoms with Crippen LogP contribution in [0.3, 0.4) is 0 Å². The molecule has 2 aromatic rings. The van der Waals surface area contributed by atoms with Gasteiger partial charge in [0.05, 0.1) is 17.0 Å². The normalized spacial score (nSPS) is 11.3. The van der Waals surface area contributed by atoms with E-state index in [2.05, 4.69) is 4.74 Å². The van der Waals surface area contributed by atoms with Gasteiger partial charge in [-0.05, 0) is 5.56 Å². The summed E-state index contributed by atoms with van der Waals surface area (Å²) >= 11 is 13.5. The van der Waals surface area contributed by atoms with Crippen molar-refractivity contribution in [3.05, 3.63) is 39.7 Å². The summed E-state index contributed by atoms with van der Waals surface area (Å²) in [5, 5.41) is 5.28. The minimum absolute atomic E-state index is 0.0370. The summed E-state index contributed by atoms with van der Waals surface area (Å²) in [6.45, 7) is -0.625. The molecule has 1 aromatic heterocycles. The van der Waals surface area contributed by atoms with Crippen molar-refractivity contribution >= 4 is 56.4 Å². The van der Waals surface area contributed by atoms with Crippen LogP contribution < -0.4 is 9.44 Å². The van der Waals surface area contributed by atoms with Crippen LogP contribution in [0, 0.1) is 0 Å². The largest absolute Gasteiger partial charge is 0.468 e. The van der Waals surface area contributed by atoms with Gasteiger partial charge in [-0.3, -0.25) is 4.79 Å². The standard InChI is InChI=1S/C13H12Cl2N2O4S2/c1-21-9(18)7-17(23(16,19)20)11-10(14)12(22-13(11)15)8-5-3-2-4-6-8/h2-6H,7H2,1H3,(H2,16,19,20). The van der Waals surface area contributed by atoms with Crippen molar-refractivity contribution in [2.75, 3.05) is 18.0 Å². The van der Waals surface area contributed by atoms with E-state index >= 15 is 0 Å². The molecule has 6 nitrogen and oxygen atoms in total. The van der Waals surface area contributed by atoms with Gasteiger partial charge in [0.25, 0.3) is 10.2 Å². The van der Waals surface area contributed by atoms with Crippen molar-refractivity contribution in [2.24, 2.45) is 5.14 Å². The maximum Gasteiger partial charge on any atom is 0.326 e. The number of carbonyl (C=O) groups is 1. The fourth-order valence-electron chi connectivity index (χ4n) is 1.84. The van der Waals surface area contributed by atoms with E-state index in [-0.39, 0.29) is 15.0 Å². The molecule has 0 atom stereocenters. The van der Waals surface area contributed by atoms with Gasteiger partial charge in [0, 0.05) is 0 Å². The number of ether oxygens (including phenoxy) is 1. The van der Waals surface area contributed by atoms with Gasteiger partial charge in [0.15, 0.2) is 0 Å². The number of methoxy groups -OCH3 is 1. The average molecular weight is 395 g/mol. The molecule has 2 rings (SSSR count). The highest BCUT2D eigenvalue weighted by atomic mass is 35.5. The van der Waals surface area contributed by atoms with E-state index in [1.54, 1.807) is 12.1 Å². The first kappa shape index (κ1) is 18.0. The molecular weight excluding hydrogens is 383 g/mol. The van der Waals surface area contributed by atoms with Gasteiger partial charge in [-0.1, -0.05) is 53.5 Å². The number of carbonyl (C=O) groups excluding carboxylic acids is 1. The Hall–Kier alpha value is -1.32. The van der Waals surface area contributed by atoms with Gasteiger partial charge in [-0.15, -0.1) is 11.3 Å². The van der Waals surface area contributed by atoms with Crippen LogP contribution in [-0.4, -0.2) is 28.0 Å². The lowest BCUT2D eigenvalue weighted by atomic mass is 10.2. The molecule has 0 unspecified atom stereocenters. The Bertz CT molecular complexity index is 822. The number of hydrogen-bond donors (Lipinski definition) is 1. The Balaban J connectivity index is 2.57. The van der Waals surface area contributed by atoms with Crippen LogP contribution in [0.4, 0.5) is 5.69 Å². The second kappa shape index (κ2) is 7.06. The van der Waals surface area contributed by atoms with Gasteiger partial charge in [0.1, 0.15) is 16.6 Å². The molecule has 1 aromatic carbocycles. The predicted molar refractivity (Wildman–Crippen MR) is 92.2 cm³/mol. The zero-order valence-corrected chi connectivity index (χ0v) is 15.0. The molecule has 0 aliphatic heterocycles. The Morgan fingerprint density at radius 1 is 1.30 bits per heavy atom. The quantitative estimate of drug-likeness (QED) is 0.789.